The molecule has 0 radical (unpaired) electrons. The Hall–Kier alpha value is -3.21. The maximum Gasteiger partial charge on any atom is 0.274 e. The highest BCUT2D eigenvalue weighted by molar-refractivity contribution is 5.92. The zero-order chi connectivity index (χ0) is 17.9. The van der Waals surface area contributed by atoms with E-state index in [0.717, 1.165) is 17.7 Å². The summed E-state index contributed by atoms with van der Waals surface area (Å²) < 4.78 is 0. The second-order valence-electron chi connectivity index (χ2n) is 6.47. The summed E-state index contributed by atoms with van der Waals surface area (Å²) in [5.74, 6) is 0.550. The fraction of sp³-hybridized carbons (Fsp3) is 0.190. The van der Waals surface area contributed by atoms with Gasteiger partial charge in [-0.3, -0.25) is 4.79 Å². The van der Waals surface area contributed by atoms with Gasteiger partial charge in [0.2, 0.25) is 0 Å². The second kappa shape index (κ2) is 6.96. The van der Waals surface area contributed by atoms with Gasteiger partial charge in [0.05, 0.1) is 12.4 Å². The third-order valence-electron chi connectivity index (χ3n) is 4.70. The van der Waals surface area contributed by atoms with Crippen LogP contribution in [-0.4, -0.2) is 27.3 Å². The summed E-state index contributed by atoms with van der Waals surface area (Å²) in [7, 11) is 0. The molecule has 0 bridgehead atoms. The Balaban J connectivity index is 1.47. The molecule has 0 saturated carbocycles. The fourth-order valence-electron chi connectivity index (χ4n) is 3.19. The minimum Gasteiger partial charge on any atom is -0.339 e. The van der Waals surface area contributed by atoms with Crippen LogP contribution in [0.25, 0.3) is 0 Å². The number of aryl methyl sites for hydroxylation is 1. The Morgan fingerprint density at radius 3 is 2.54 bits per heavy atom. The predicted molar refractivity (Wildman–Crippen MR) is 101 cm³/mol. The van der Waals surface area contributed by atoms with Crippen LogP contribution in [0.15, 0.2) is 60.9 Å². The van der Waals surface area contributed by atoms with Gasteiger partial charge in [0.25, 0.3) is 5.91 Å². The SMILES string of the molecule is Cc1ccccc1Nc1cnc(C(=O)N2CCc3ccccc3C2)cn1. The summed E-state index contributed by atoms with van der Waals surface area (Å²) in [6, 6.07) is 16.2. The van der Waals surface area contributed by atoms with E-state index in [4.69, 9.17) is 0 Å². The van der Waals surface area contributed by atoms with Crippen LogP contribution in [0.4, 0.5) is 11.5 Å². The smallest absolute Gasteiger partial charge is 0.274 e. The van der Waals surface area contributed by atoms with Crippen LogP contribution in [0.3, 0.4) is 0 Å². The molecule has 0 spiro atoms. The Bertz CT molecular complexity index is 937. The minimum atomic E-state index is -0.0746. The number of para-hydroxylation sites is 1. The molecular weight excluding hydrogens is 324 g/mol. The summed E-state index contributed by atoms with van der Waals surface area (Å²) in [4.78, 5) is 23.2. The molecule has 0 unspecified atom stereocenters. The fourth-order valence-corrected chi connectivity index (χ4v) is 3.19. The lowest BCUT2D eigenvalue weighted by molar-refractivity contribution is 0.0728. The lowest BCUT2D eigenvalue weighted by atomic mass is 10.00. The molecule has 1 aliphatic heterocycles. The largest absolute Gasteiger partial charge is 0.339 e. The van der Waals surface area contributed by atoms with Crippen molar-refractivity contribution in [2.75, 3.05) is 11.9 Å². The van der Waals surface area contributed by atoms with E-state index in [9.17, 15) is 4.79 Å². The standard InChI is InChI=1S/C21H20N4O/c1-15-6-2-5-9-18(15)24-20-13-22-19(12-23-20)21(26)25-11-10-16-7-3-4-8-17(16)14-25/h2-9,12-13H,10-11,14H2,1H3,(H,23,24). The first-order chi connectivity index (χ1) is 12.7. The highest BCUT2D eigenvalue weighted by atomic mass is 16.2. The lowest BCUT2D eigenvalue weighted by Gasteiger charge is -2.28. The molecule has 3 aromatic rings. The molecule has 0 atom stereocenters. The van der Waals surface area contributed by atoms with Crippen molar-refractivity contribution in [3.63, 3.8) is 0 Å². The number of amides is 1. The molecule has 130 valence electrons. The molecule has 26 heavy (non-hydrogen) atoms. The number of fused-ring (bicyclic) bond motifs is 1. The van der Waals surface area contributed by atoms with Gasteiger partial charge in [0, 0.05) is 18.8 Å². The van der Waals surface area contributed by atoms with E-state index < -0.39 is 0 Å². The molecular formula is C21H20N4O. The van der Waals surface area contributed by atoms with Crippen LogP contribution in [0.2, 0.25) is 0 Å². The Kier molecular flexibility index (Phi) is 4.35. The molecule has 0 fully saturated rings. The topological polar surface area (TPSA) is 58.1 Å². The molecule has 1 aromatic heterocycles. The molecule has 1 aliphatic rings. The molecule has 0 saturated heterocycles. The number of aromatic nitrogens is 2. The normalized spacial score (nSPS) is 13.2. The minimum absolute atomic E-state index is 0.0746. The van der Waals surface area contributed by atoms with Crippen molar-refractivity contribution >= 4 is 17.4 Å². The quantitative estimate of drug-likeness (QED) is 0.786. The number of hydrogen-bond acceptors (Lipinski definition) is 4. The van der Waals surface area contributed by atoms with Gasteiger partial charge in [-0.25, -0.2) is 9.97 Å². The number of carbonyl (C=O) groups excluding carboxylic acids is 1. The first kappa shape index (κ1) is 16.3. The van der Waals surface area contributed by atoms with Crippen molar-refractivity contribution in [3.05, 3.63) is 83.3 Å². The van der Waals surface area contributed by atoms with E-state index in [1.807, 2.05) is 48.2 Å². The number of hydrogen-bond donors (Lipinski definition) is 1. The third kappa shape index (κ3) is 3.28. The molecule has 5 nitrogen and oxygen atoms in total. The van der Waals surface area contributed by atoms with Crippen LogP contribution in [0, 0.1) is 6.92 Å². The van der Waals surface area contributed by atoms with Gasteiger partial charge < -0.3 is 10.2 Å². The Labute approximate surface area is 152 Å². The molecule has 1 N–H and O–H groups in total. The third-order valence-corrected chi connectivity index (χ3v) is 4.70. The predicted octanol–water partition coefficient (Wildman–Crippen LogP) is 3.73. The van der Waals surface area contributed by atoms with Gasteiger partial charge in [-0.15, -0.1) is 0 Å². The first-order valence-electron chi connectivity index (χ1n) is 8.71. The van der Waals surface area contributed by atoms with Crippen molar-refractivity contribution in [2.24, 2.45) is 0 Å². The van der Waals surface area contributed by atoms with E-state index in [1.54, 1.807) is 12.4 Å². The number of rotatable bonds is 3. The van der Waals surface area contributed by atoms with Crippen LogP contribution in [0.5, 0.6) is 0 Å². The number of anilines is 2. The highest BCUT2D eigenvalue weighted by Crippen LogP contribution is 2.21. The van der Waals surface area contributed by atoms with Crippen molar-refractivity contribution < 1.29 is 4.79 Å². The summed E-state index contributed by atoms with van der Waals surface area (Å²) in [5.41, 5.74) is 5.01. The maximum absolute atomic E-state index is 12.7. The second-order valence-corrected chi connectivity index (χ2v) is 6.47. The van der Waals surface area contributed by atoms with E-state index >= 15 is 0 Å². The average molecular weight is 344 g/mol. The van der Waals surface area contributed by atoms with Crippen LogP contribution in [-0.2, 0) is 13.0 Å². The molecule has 2 aromatic carbocycles. The van der Waals surface area contributed by atoms with Gasteiger partial charge in [-0.1, -0.05) is 42.5 Å². The number of nitrogens with one attached hydrogen (secondary N) is 1. The lowest BCUT2D eigenvalue weighted by Crippen LogP contribution is -2.36. The Morgan fingerprint density at radius 2 is 1.77 bits per heavy atom. The van der Waals surface area contributed by atoms with Crippen LogP contribution >= 0.6 is 0 Å². The van der Waals surface area contributed by atoms with E-state index in [1.165, 1.54) is 11.1 Å². The monoisotopic (exact) mass is 344 g/mol. The van der Waals surface area contributed by atoms with Gasteiger partial charge in [-0.05, 0) is 36.1 Å². The first-order valence-corrected chi connectivity index (χ1v) is 8.71. The van der Waals surface area contributed by atoms with Crippen LogP contribution in [0.1, 0.15) is 27.2 Å². The summed E-state index contributed by atoms with van der Waals surface area (Å²) in [6.07, 6.45) is 4.03. The maximum atomic E-state index is 12.7. The molecule has 2 heterocycles. The molecule has 1 amide bonds. The van der Waals surface area contributed by atoms with Crippen molar-refractivity contribution in [1.82, 2.24) is 14.9 Å². The molecule has 4 rings (SSSR count). The van der Waals surface area contributed by atoms with Crippen LogP contribution < -0.4 is 5.32 Å². The summed E-state index contributed by atoms with van der Waals surface area (Å²) >= 11 is 0. The van der Waals surface area contributed by atoms with E-state index in [2.05, 4.69) is 27.4 Å². The number of benzene rings is 2. The zero-order valence-electron chi connectivity index (χ0n) is 14.6. The zero-order valence-corrected chi connectivity index (χ0v) is 14.6. The van der Waals surface area contributed by atoms with E-state index in [0.29, 0.717) is 24.6 Å². The van der Waals surface area contributed by atoms with E-state index in [-0.39, 0.29) is 5.91 Å². The van der Waals surface area contributed by atoms with Crippen molar-refractivity contribution in [1.29, 1.82) is 0 Å². The average Bonchev–Trinajstić information content (AvgIpc) is 2.69. The molecule has 0 aliphatic carbocycles. The number of nitrogens with zero attached hydrogens (tertiary/aromatic N) is 3. The highest BCUT2D eigenvalue weighted by Gasteiger charge is 2.22. The summed E-state index contributed by atoms with van der Waals surface area (Å²) in [6.45, 7) is 3.36. The van der Waals surface area contributed by atoms with Crippen molar-refractivity contribution in [2.45, 2.75) is 19.9 Å². The summed E-state index contributed by atoms with van der Waals surface area (Å²) in [5, 5.41) is 3.23. The van der Waals surface area contributed by atoms with Gasteiger partial charge in [0.1, 0.15) is 11.5 Å². The van der Waals surface area contributed by atoms with Crippen molar-refractivity contribution in [3.8, 4) is 0 Å². The van der Waals surface area contributed by atoms with Gasteiger partial charge in [0.15, 0.2) is 0 Å². The number of carbonyl (C=O) groups is 1. The molecule has 5 heteroatoms. The van der Waals surface area contributed by atoms with Gasteiger partial charge in [-0.2, -0.15) is 0 Å². The van der Waals surface area contributed by atoms with Gasteiger partial charge >= 0.3 is 0 Å². The Morgan fingerprint density at radius 1 is 1.00 bits per heavy atom.